The van der Waals surface area contributed by atoms with Crippen LogP contribution in [0.5, 0.6) is 11.5 Å². The van der Waals surface area contributed by atoms with Gasteiger partial charge in [0.1, 0.15) is 16.9 Å². The largest absolute Gasteiger partial charge is 0.496 e. The van der Waals surface area contributed by atoms with Crippen molar-refractivity contribution in [3.05, 3.63) is 107 Å². The van der Waals surface area contributed by atoms with Crippen molar-refractivity contribution in [2.75, 3.05) is 37.1 Å². The molecular formula is C34H34N2O3. The number of fused-ring (bicyclic) bond motifs is 4. The first-order chi connectivity index (χ1) is 19.1. The van der Waals surface area contributed by atoms with Gasteiger partial charge in [0.2, 0.25) is 0 Å². The van der Waals surface area contributed by atoms with Crippen molar-refractivity contribution < 1.29 is 14.3 Å². The predicted molar refractivity (Wildman–Crippen MR) is 158 cm³/mol. The molecule has 6 rings (SSSR count). The van der Waals surface area contributed by atoms with E-state index in [9.17, 15) is 0 Å². The van der Waals surface area contributed by atoms with Crippen LogP contribution >= 0.6 is 0 Å². The molecule has 4 aromatic rings. The number of Topliss-reactive ketones (excluding diaryl/α,β-unsaturated/α-hetero) is 1. The third kappa shape index (κ3) is 3.42. The molecule has 2 heterocycles. The van der Waals surface area contributed by atoms with Crippen molar-refractivity contribution in [3.63, 3.8) is 0 Å². The third-order valence-electron chi connectivity index (χ3n) is 8.03. The number of ether oxygens (including phenoxy) is 2. The van der Waals surface area contributed by atoms with Crippen LogP contribution in [0.1, 0.15) is 53.7 Å². The Kier molecular flexibility index (Phi) is 6.30. The molecule has 2 aliphatic rings. The molecule has 0 aromatic heterocycles. The fourth-order valence-electron chi connectivity index (χ4n) is 6.66. The molecule has 0 N–H and O–H groups in total. The van der Waals surface area contributed by atoms with Crippen LogP contribution in [-0.4, -0.2) is 33.1 Å². The van der Waals surface area contributed by atoms with E-state index in [4.69, 9.17) is 9.47 Å². The molecule has 39 heavy (non-hydrogen) atoms. The monoisotopic (exact) mass is 518 g/mol. The lowest BCUT2D eigenvalue weighted by Crippen LogP contribution is -2.49. The first-order valence-corrected chi connectivity index (χ1v) is 13.8. The first-order valence-electron chi connectivity index (χ1n) is 13.8. The molecule has 0 unspecified atom stereocenters. The van der Waals surface area contributed by atoms with Crippen molar-refractivity contribution in [2.24, 2.45) is 0 Å². The number of anilines is 4. The second kappa shape index (κ2) is 9.81. The van der Waals surface area contributed by atoms with Gasteiger partial charge in [0, 0.05) is 58.1 Å². The molecular weight excluding hydrogens is 484 g/mol. The number of nitrogens with zero attached hydrogens (tertiary/aromatic N) is 2. The second-order valence-corrected chi connectivity index (χ2v) is 10.1. The maximum atomic E-state index is 15.3. The number of benzene rings is 4. The summed E-state index contributed by atoms with van der Waals surface area (Å²) in [5.74, 6) is 1.40. The van der Waals surface area contributed by atoms with Crippen LogP contribution < -0.4 is 19.3 Å². The molecule has 198 valence electrons. The summed E-state index contributed by atoms with van der Waals surface area (Å²) in [7, 11) is 3.38. The van der Waals surface area contributed by atoms with Crippen LogP contribution in [-0.2, 0) is 5.41 Å². The van der Waals surface area contributed by atoms with Gasteiger partial charge in [0.05, 0.1) is 14.2 Å². The lowest BCUT2D eigenvalue weighted by Gasteiger charge is -2.51. The van der Waals surface area contributed by atoms with E-state index >= 15 is 4.79 Å². The predicted octanol–water partition coefficient (Wildman–Crippen LogP) is 7.64. The summed E-state index contributed by atoms with van der Waals surface area (Å²) < 4.78 is 12.2. The normalized spacial score (nSPS) is 14.3. The number of methoxy groups -OCH3 is 2. The van der Waals surface area contributed by atoms with Gasteiger partial charge in [-0.2, -0.15) is 0 Å². The summed E-state index contributed by atoms with van der Waals surface area (Å²) >= 11 is 0. The lowest BCUT2D eigenvalue weighted by molar-refractivity contribution is 0.0930. The minimum Gasteiger partial charge on any atom is -0.496 e. The Morgan fingerprint density at radius 1 is 0.615 bits per heavy atom. The summed E-state index contributed by atoms with van der Waals surface area (Å²) in [6.07, 6.45) is 1.91. The number of carbonyl (C=O) groups excluding carboxylic acids is 1. The van der Waals surface area contributed by atoms with Crippen LogP contribution in [0.15, 0.2) is 84.9 Å². The SMILES string of the molecule is CCCN1c2cccc(OC)c2C2(C(=O)c3ccccc3)c3c(OC)cccc3N(CCC)c3cccc1c32. The van der Waals surface area contributed by atoms with E-state index in [2.05, 4.69) is 54.0 Å². The molecule has 5 nitrogen and oxygen atoms in total. The van der Waals surface area contributed by atoms with Gasteiger partial charge in [-0.05, 0) is 49.2 Å². The molecule has 0 fully saturated rings. The van der Waals surface area contributed by atoms with Gasteiger partial charge >= 0.3 is 0 Å². The van der Waals surface area contributed by atoms with Gasteiger partial charge in [-0.25, -0.2) is 0 Å². The Labute approximate surface area is 230 Å². The van der Waals surface area contributed by atoms with Crippen molar-refractivity contribution in [2.45, 2.75) is 32.1 Å². The molecule has 5 heteroatoms. The molecule has 0 saturated carbocycles. The Morgan fingerprint density at radius 3 is 1.49 bits per heavy atom. The van der Waals surface area contributed by atoms with Crippen LogP contribution in [0.3, 0.4) is 0 Å². The van der Waals surface area contributed by atoms with Gasteiger partial charge in [0.15, 0.2) is 5.78 Å². The van der Waals surface area contributed by atoms with Gasteiger partial charge in [0.25, 0.3) is 0 Å². The number of ketones is 1. The van der Waals surface area contributed by atoms with E-state index in [-0.39, 0.29) is 5.78 Å². The Morgan fingerprint density at radius 2 is 1.05 bits per heavy atom. The fraction of sp³-hybridized carbons (Fsp3) is 0.265. The van der Waals surface area contributed by atoms with Crippen molar-refractivity contribution in [1.29, 1.82) is 0 Å². The highest BCUT2D eigenvalue weighted by molar-refractivity contribution is 6.16. The average Bonchev–Trinajstić information content (AvgIpc) is 2.99. The molecule has 4 aromatic carbocycles. The molecule has 0 bridgehead atoms. The van der Waals surface area contributed by atoms with Crippen molar-refractivity contribution in [1.82, 2.24) is 0 Å². The van der Waals surface area contributed by atoms with E-state index in [1.54, 1.807) is 14.2 Å². The summed E-state index contributed by atoms with van der Waals surface area (Å²) in [5.41, 5.74) is 6.31. The van der Waals surface area contributed by atoms with Crippen LogP contribution in [0.25, 0.3) is 0 Å². The van der Waals surface area contributed by atoms with Gasteiger partial charge in [-0.3, -0.25) is 4.79 Å². The van der Waals surface area contributed by atoms with Crippen molar-refractivity contribution >= 4 is 28.5 Å². The smallest absolute Gasteiger partial charge is 0.182 e. The van der Waals surface area contributed by atoms with Gasteiger partial charge in [-0.15, -0.1) is 0 Å². The minimum atomic E-state index is -1.17. The Hall–Kier alpha value is -4.25. The average molecular weight is 519 g/mol. The maximum Gasteiger partial charge on any atom is 0.182 e. The summed E-state index contributed by atoms with van der Waals surface area (Å²) in [4.78, 5) is 20.1. The molecule has 0 spiro atoms. The fourth-order valence-corrected chi connectivity index (χ4v) is 6.66. The summed E-state index contributed by atoms with van der Waals surface area (Å²) in [6, 6.07) is 28.3. The molecule has 2 aliphatic heterocycles. The Bertz CT molecular complexity index is 1460. The van der Waals surface area contributed by atoms with Gasteiger partial charge < -0.3 is 19.3 Å². The number of carbonyl (C=O) groups is 1. The zero-order valence-electron chi connectivity index (χ0n) is 23.0. The van der Waals surface area contributed by atoms with Crippen LogP contribution in [0, 0.1) is 0 Å². The topological polar surface area (TPSA) is 42.0 Å². The highest BCUT2D eigenvalue weighted by Gasteiger charge is 2.58. The van der Waals surface area contributed by atoms with E-state index in [1.165, 1.54) is 0 Å². The molecule has 0 amide bonds. The van der Waals surface area contributed by atoms with Gasteiger partial charge in [-0.1, -0.05) is 62.4 Å². The summed E-state index contributed by atoms with van der Waals surface area (Å²) in [5, 5.41) is 0. The number of hydrogen-bond acceptors (Lipinski definition) is 5. The molecule has 0 atom stereocenters. The van der Waals surface area contributed by atoms with Crippen molar-refractivity contribution in [3.8, 4) is 11.5 Å². The maximum absolute atomic E-state index is 15.3. The second-order valence-electron chi connectivity index (χ2n) is 10.1. The van der Waals surface area contributed by atoms with E-state index in [1.807, 2.05) is 54.6 Å². The Balaban J connectivity index is 1.87. The van der Waals surface area contributed by atoms with Crippen LogP contribution in [0.2, 0.25) is 0 Å². The van der Waals surface area contributed by atoms with Crippen LogP contribution in [0.4, 0.5) is 22.7 Å². The lowest BCUT2D eigenvalue weighted by atomic mass is 9.59. The molecule has 0 aliphatic carbocycles. The number of hydrogen-bond donors (Lipinski definition) is 0. The summed E-state index contributed by atoms with van der Waals surface area (Å²) in [6.45, 7) is 6.01. The standard InChI is InChI=1S/C34H34N2O3/c1-5-21-35-24-15-10-16-25-30(24)34(33(37)23-13-8-7-9-14-23,31-26(35)17-11-19-28(31)38-3)32-27(36(25)22-6-2)18-12-20-29(32)39-4/h7-20H,5-6,21-22H2,1-4H3. The molecule has 0 saturated heterocycles. The highest BCUT2D eigenvalue weighted by atomic mass is 16.5. The number of rotatable bonds is 8. The van der Waals surface area contributed by atoms with E-state index in [0.29, 0.717) is 17.1 Å². The third-order valence-corrected chi connectivity index (χ3v) is 8.03. The van der Waals surface area contributed by atoms with E-state index in [0.717, 1.165) is 65.4 Å². The first kappa shape index (κ1) is 25.1. The highest BCUT2D eigenvalue weighted by Crippen LogP contribution is 2.65. The molecule has 0 radical (unpaired) electrons. The zero-order valence-corrected chi connectivity index (χ0v) is 23.0. The zero-order chi connectivity index (χ0) is 27.1. The minimum absolute atomic E-state index is 0.0144. The quantitative estimate of drug-likeness (QED) is 0.224. The van der Waals surface area contributed by atoms with E-state index < -0.39 is 5.41 Å².